The molecule has 0 unspecified atom stereocenters. The fraction of sp³-hybridized carbons (Fsp3) is 0.923. The second-order valence-corrected chi connectivity index (χ2v) is 6.00. The number of rotatable bonds is 0. The van der Waals surface area contributed by atoms with Gasteiger partial charge >= 0.3 is 0 Å². The molecule has 0 bridgehead atoms. The predicted octanol–water partition coefficient (Wildman–Crippen LogP) is 3.43. The minimum Gasteiger partial charge on any atom is -0.299 e. The zero-order valence-corrected chi connectivity index (χ0v) is 9.68. The van der Waals surface area contributed by atoms with E-state index in [4.69, 9.17) is 0 Å². The highest BCUT2D eigenvalue weighted by molar-refractivity contribution is 5.82. The molecule has 2 rings (SSSR count). The molecule has 0 aromatic rings. The maximum absolute atomic E-state index is 12.0. The summed E-state index contributed by atoms with van der Waals surface area (Å²) in [7, 11) is 0. The van der Waals surface area contributed by atoms with Crippen LogP contribution in [0.1, 0.15) is 52.9 Å². The van der Waals surface area contributed by atoms with E-state index in [0.717, 1.165) is 12.8 Å². The topological polar surface area (TPSA) is 17.1 Å². The third-order valence-electron chi connectivity index (χ3n) is 4.60. The van der Waals surface area contributed by atoms with Gasteiger partial charge in [-0.25, -0.2) is 0 Å². The lowest BCUT2D eigenvalue weighted by atomic mass is 9.71. The Morgan fingerprint density at radius 2 is 2.00 bits per heavy atom. The van der Waals surface area contributed by atoms with Gasteiger partial charge in [-0.05, 0) is 42.9 Å². The number of hydrogen-bond acceptors (Lipinski definition) is 1. The summed E-state index contributed by atoms with van der Waals surface area (Å²) >= 11 is 0. The highest BCUT2D eigenvalue weighted by Crippen LogP contribution is 2.51. The molecule has 80 valence electrons. The third kappa shape index (κ3) is 1.51. The van der Waals surface area contributed by atoms with Gasteiger partial charge in [-0.3, -0.25) is 4.79 Å². The van der Waals surface area contributed by atoms with Crippen molar-refractivity contribution in [3.63, 3.8) is 0 Å². The van der Waals surface area contributed by atoms with Crippen LogP contribution >= 0.6 is 0 Å². The number of ketones is 1. The first-order valence-electron chi connectivity index (χ1n) is 6.05. The van der Waals surface area contributed by atoms with Gasteiger partial charge in [0.2, 0.25) is 0 Å². The molecule has 0 aromatic carbocycles. The van der Waals surface area contributed by atoms with Crippen LogP contribution in [-0.2, 0) is 4.79 Å². The van der Waals surface area contributed by atoms with E-state index < -0.39 is 0 Å². The Morgan fingerprint density at radius 1 is 1.29 bits per heavy atom. The minimum atomic E-state index is 0.396. The normalized spacial score (nSPS) is 41.9. The molecule has 0 aromatic heterocycles. The fourth-order valence-corrected chi connectivity index (χ4v) is 3.69. The zero-order valence-electron chi connectivity index (χ0n) is 9.68. The van der Waals surface area contributed by atoms with Crippen LogP contribution in [0.15, 0.2) is 0 Å². The minimum absolute atomic E-state index is 0.396. The van der Waals surface area contributed by atoms with Gasteiger partial charge in [0.05, 0.1) is 0 Å². The molecule has 0 spiro atoms. The average molecular weight is 194 g/mol. The van der Waals surface area contributed by atoms with Crippen molar-refractivity contribution in [2.45, 2.75) is 52.9 Å². The zero-order chi connectivity index (χ0) is 10.3. The highest BCUT2D eigenvalue weighted by atomic mass is 16.1. The first kappa shape index (κ1) is 10.2. The number of Topliss-reactive ketones (excluding diaryl/α,β-unsaturated/α-hetero) is 1. The molecule has 0 saturated heterocycles. The van der Waals surface area contributed by atoms with Crippen LogP contribution in [0.4, 0.5) is 0 Å². The van der Waals surface area contributed by atoms with Gasteiger partial charge in [0.1, 0.15) is 5.78 Å². The monoisotopic (exact) mass is 194 g/mol. The van der Waals surface area contributed by atoms with E-state index >= 15 is 0 Å². The quantitative estimate of drug-likeness (QED) is 0.577. The molecule has 2 aliphatic carbocycles. The van der Waals surface area contributed by atoms with Crippen molar-refractivity contribution >= 4 is 5.78 Å². The van der Waals surface area contributed by atoms with E-state index in [0.29, 0.717) is 29.0 Å². The average Bonchev–Trinajstić information content (AvgIpc) is 2.42. The second-order valence-electron chi connectivity index (χ2n) is 6.00. The largest absolute Gasteiger partial charge is 0.299 e. The van der Waals surface area contributed by atoms with Gasteiger partial charge in [0.25, 0.3) is 0 Å². The maximum Gasteiger partial charge on any atom is 0.136 e. The lowest BCUT2D eigenvalue weighted by molar-refractivity contribution is -0.125. The summed E-state index contributed by atoms with van der Waals surface area (Å²) in [6.45, 7) is 6.99. The molecule has 1 nitrogen and oxygen atoms in total. The van der Waals surface area contributed by atoms with Gasteiger partial charge in [-0.15, -0.1) is 0 Å². The molecular formula is C13H22O. The van der Waals surface area contributed by atoms with Crippen molar-refractivity contribution in [3.05, 3.63) is 0 Å². The Balaban J connectivity index is 2.28. The second kappa shape index (κ2) is 3.36. The Morgan fingerprint density at radius 3 is 2.71 bits per heavy atom. The first-order valence-corrected chi connectivity index (χ1v) is 6.05. The highest BCUT2D eigenvalue weighted by Gasteiger charge is 2.46. The van der Waals surface area contributed by atoms with E-state index in [-0.39, 0.29) is 0 Å². The summed E-state index contributed by atoms with van der Waals surface area (Å²) < 4.78 is 0. The summed E-state index contributed by atoms with van der Waals surface area (Å²) in [5.41, 5.74) is 0.404. The molecule has 14 heavy (non-hydrogen) atoms. The van der Waals surface area contributed by atoms with Gasteiger partial charge in [0.15, 0.2) is 0 Å². The molecule has 2 saturated carbocycles. The molecule has 0 amide bonds. The summed E-state index contributed by atoms with van der Waals surface area (Å²) in [6, 6.07) is 0. The Labute approximate surface area is 87.3 Å². The molecular weight excluding hydrogens is 172 g/mol. The van der Waals surface area contributed by atoms with Gasteiger partial charge in [-0.2, -0.15) is 0 Å². The summed E-state index contributed by atoms with van der Waals surface area (Å²) in [6.07, 6.45) is 5.75. The number of carbonyl (C=O) groups excluding carboxylic acids is 1. The van der Waals surface area contributed by atoms with Crippen LogP contribution in [-0.4, -0.2) is 5.78 Å². The van der Waals surface area contributed by atoms with E-state index in [1.807, 2.05) is 0 Å². The van der Waals surface area contributed by atoms with Gasteiger partial charge in [-0.1, -0.05) is 20.8 Å². The van der Waals surface area contributed by atoms with Crippen molar-refractivity contribution in [3.8, 4) is 0 Å². The fourth-order valence-electron chi connectivity index (χ4n) is 3.69. The molecule has 0 radical (unpaired) electrons. The molecule has 2 fully saturated rings. The molecule has 0 heterocycles. The van der Waals surface area contributed by atoms with E-state index in [1.165, 1.54) is 19.3 Å². The van der Waals surface area contributed by atoms with Crippen LogP contribution in [0.5, 0.6) is 0 Å². The Bertz CT molecular complexity index is 242. The SMILES string of the molecule is C[C@@H]1CC[C@@H]2[C@H]1C(=O)CCCC2(C)C. The predicted molar refractivity (Wildman–Crippen MR) is 58.0 cm³/mol. The summed E-state index contributed by atoms with van der Waals surface area (Å²) in [4.78, 5) is 12.0. The van der Waals surface area contributed by atoms with Crippen LogP contribution in [0.2, 0.25) is 0 Å². The standard InChI is InChI=1S/C13H22O/c1-9-6-7-10-12(9)11(14)5-4-8-13(10,2)3/h9-10,12H,4-8H2,1-3H3/t9-,10-,12+/m1/s1. The molecule has 0 aliphatic heterocycles. The molecule has 0 N–H and O–H groups in total. The lowest BCUT2D eigenvalue weighted by Crippen LogP contribution is -2.30. The molecule has 3 atom stereocenters. The Kier molecular flexibility index (Phi) is 2.45. The number of hydrogen-bond donors (Lipinski definition) is 0. The summed E-state index contributed by atoms with van der Waals surface area (Å²) in [5.74, 6) is 2.27. The van der Waals surface area contributed by atoms with Crippen molar-refractivity contribution in [1.29, 1.82) is 0 Å². The van der Waals surface area contributed by atoms with E-state index in [2.05, 4.69) is 20.8 Å². The van der Waals surface area contributed by atoms with E-state index in [9.17, 15) is 4.79 Å². The third-order valence-corrected chi connectivity index (χ3v) is 4.60. The van der Waals surface area contributed by atoms with Gasteiger partial charge < -0.3 is 0 Å². The van der Waals surface area contributed by atoms with Gasteiger partial charge in [0, 0.05) is 12.3 Å². The first-order chi connectivity index (χ1) is 6.52. The lowest BCUT2D eigenvalue weighted by Gasteiger charge is -2.33. The summed E-state index contributed by atoms with van der Waals surface area (Å²) in [5, 5.41) is 0. The van der Waals surface area contributed by atoms with Crippen LogP contribution < -0.4 is 0 Å². The van der Waals surface area contributed by atoms with E-state index in [1.54, 1.807) is 0 Å². The van der Waals surface area contributed by atoms with Crippen molar-refractivity contribution < 1.29 is 4.79 Å². The van der Waals surface area contributed by atoms with Crippen molar-refractivity contribution in [2.75, 3.05) is 0 Å². The van der Waals surface area contributed by atoms with Crippen molar-refractivity contribution in [2.24, 2.45) is 23.2 Å². The van der Waals surface area contributed by atoms with Crippen LogP contribution in [0, 0.1) is 23.2 Å². The van der Waals surface area contributed by atoms with Crippen LogP contribution in [0.3, 0.4) is 0 Å². The smallest absolute Gasteiger partial charge is 0.136 e. The maximum atomic E-state index is 12.0. The molecule has 1 heteroatoms. The number of carbonyl (C=O) groups is 1. The van der Waals surface area contributed by atoms with Crippen molar-refractivity contribution in [1.82, 2.24) is 0 Å². The number of fused-ring (bicyclic) bond motifs is 1. The Hall–Kier alpha value is -0.330. The van der Waals surface area contributed by atoms with Crippen LogP contribution in [0.25, 0.3) is 0 Å². The molecule has 2 aliphatic rings.